The van der Waals surface area contributed by atoms with E-state index < -0.39 is 5.89 Å². The first-order chi connectivity index (χ1) is 10.4. The fraction of sp³-hybridized carbons (Fsp3) is 0.400. The summed E-state index contributed by atoms with van der Waals surface area (Å²) < 4.78 is 18.3. The number of aromatic nitrogens is 4. The van der Waals surface area contributed by atoms with Crippen molar-refractivity contribution < 1.29 is 2.74 Å². The van der Waals surface area contributed by atoms with Crippen LogP contribution in [0.1, 0.15) is 46.2 Å². The number of hydrogen-bond acceptors (Lipinski definition) is 4. The Kier molecular flexibility index (Phi) is 2.99. The number of allylic oxidation sites excluding steroid dienone is 4. The summed E-state index contributed by atoms with van der Waals surface area (Å²) in [4.78, 5) is 9.09. The minimum Gasteiger partial charge on any atom is -0.207 e. The Bertz CT molecular complexity index is 781. The van der Waals surface area contributed by atoms with Gasteiger partial charge in [0, 0.05) is 12.8 Å². The SMILES string of the molecule is [2H]C1=CC=CC([2H])(c2nc(SC)nc3c(C(C)C)cnn23)C1. The van der Waals surface area contributed by atoms with Crippen molar-refractivity contribution >= 4 is 17.4 Å². The van der Waals surface area contributed by atoms with E-state index in [-0.39, 0.29) is 0 Å². The maximum atomic E-state index is 8.75. The van der Waals surface area contributed by atoms with E-state index in [4.69, 9.17) is 2.74 Å². The summed E-state index contributed by atoms with van der Waals surface area (Å²) in [5.74, 6) is -0.273. The summed E-state index contributed by atoms with van der Waals surface area (Å²) in [6, 6.07) is 0.422. The van der Waals surface area contributed by atoms with Crippen LogP contribution in [0, 0.1) is 0 Å². The lowest BCUT2D eigenvalue weighted by atomic mass is 10.00. The van der Waals surface area contributed by atoms with Gasteiger partial charge in [-0.2, -0.15) is 9.61 Å². The van der Waals surface area contributed by atoms with Crippen molar-refractivity contribution in [3.05, 3.63) is 41.9 Å². The van der Waals surface area contributed by atoms with Gasteiger partial charge < -0.3 is 0 Å². The van der Waals surface area contributed by atoms with Crippen molar-refractivity contribution in [3.8, 4) is 0 Å². The van der Waals surface area contributed by atoms with Crippen LogP contribution in [-0.2, 0) is 0 Å². The van der Waals surface area contributed by atoms with E-state index in [0.717, 1.165) is 11.2 Å². The zero-order valence-electron chi connectivity index (χ0n) is 13.8. The molecule has 0 fully saturated rings. The molecule has 1 unspecified atom stereocenters. The molecule has 2 aromatic heterocycles. The normalized spacial score (nSPS) is 23.9. The third kappa shape index (κ3) is 2.26. The molecule has 0 saturated carbocycles. The number of thioether (sulfide) groups is 1. The van der Waals surface area contributed by atoms with Gasteiger partial charge in [-0.25, -0.2) is 9.97 Å². The van der Waals surface area contributed by atoms with Gasteiger partial charge in [-0.3, -0.25) is 0 Å². The molecule has 2 aromatic rings. The third-order valence-electron chi connectivity index (χ3n) is 3.27. The molecule has 3 rings (SSSR count). The fourth-order valence-corrected chi connectivity index (χ4v) is 2.55. The van der Waals surface area contributed by atoms with Crippen molar-refractivity contribution in [1.82, 2.24) is 19.6 Å². The Hall–Kier alpha value is -1.62. The number of nitrogens with zero attached hydrogens (tertiary/aromatic N) is 4. The Morgan fingerprint density at radius 1 is 1.45 bits per heavy atom. The largest absolute Gasteiger partial charge is 0.207 e. The van der Waals surface area contributed by atoms with Crippen LogP contribution in [0.4, 0.5) is 0 Å². The summed E-state index contributed by atoms with van der Waals surface area (Å²) >= 11 is 1.45. The molecule has 4 nitrogen and oxygen atoms in total. The second-order valence-corrected chi connectivity index (χ2v) is 5.73. The molecular weight excluding hydrogens is 268 g/mol. The first-order valence-electron chi connectivity index (χ1n) is 7.60. The van der Waals surface area contributed by atoms with Crippen LogP contribution in [0.25, 0.3) is 5.65 Å². The fourth-order valence-electron chi connectivity index (χ4n) is 2.20. The van der Waals surface area contributed by atoms with Gasteiger partial charge in [-0.1, -0.05) is 49.9 Å². The monoisotopic (exact) mass is 288 g/mol. The lowest BCUT2D eigenvalue weighted by Crippen LogP contribution is -2.11. The maximum Gasteiger partial charge on any atom is 0.191 e. The molecule has 104 valence electrons. The van der Waals surface area contributed by atoms with Crippen molar-refractivity contribution in [2.24, 2.45) is 0 Å². The van der Waals surface area contributed by atoms with Crippen LogP contribution in [0.5, 0.6) is 0 Å². The van der Waals surface area contributed by atoms with Gasteiger partial charge in [-0.05, 0) is 18.6 Å². The molecule has 20 heavy (non-hydrogen) atoms. The predicted molar refractivity (Wildman–Crippen MR) is 82.3 cm³/mol. The molecule has 0 aliphatic heterocycles. The number of fused-ring (bicyclic) bond motifs is 1. The Labute approximate surface area is 125 Å². The van der Waals surface area contributed by atoms with Crippen molar-refractivity contribution in [2.45, 2.75) is 37.2 Å². The van der Waals surface area contributed by atoms with Crippen LogP contribution in [-0.4, -0.2) is 25.8 Å². The van der Waals surface area contributed by atoms with Crippen molar-refractivity contribution in [1.29, 1.82) is 0 Å². The van der Waals surface area contributed by atoms with Crippen molar-refractivity contribution in [3.63, 3.8) is 0 Å². The molecule has 1 atom stereocenters. The summed E-state index contributed by atoms with van der Waals surface area (Å²) in [6.07, 6.45) is 9.25. The van der Waals surface area contributed by atoms with E-state index >= 15 is 0 Å². The summed E-state index contributed by atoms with van der Waals surface area (Å²) in [7, 11) is 0. The van der Waals surface area contributed by atoms with Gasteiger partial charge in [0.2, 0.25) is 0 Å². The lowest BCUT2D eigenvalue weighted by Gasteiger charge is -2.14. The molecule has 0 bridgehead atoms. The van der Waals surface area contributed by atoms with Gasteiger partial charge in [-0.15, -0.1) is 0 Å². The zero-order valence-corrected chi connectivity index (χ0v) is 12.6. The van der Waals surface area contributed by atoms with Gasteiger partial charge >= 0.3 is 0 Å². The molecule has 1 aliphatic rings. The van der Waals surface area contributed by atoms with E-state index in [9.17, 15) is 0 Å². The first-order valence-corrected chi connectivity index (χ1v) is 7.82. The number of hydrogen-bond donors (Lipinski definition) is 0. The third-order valence-corrected chi connectivity index (χ3v) is 3.82. The molecule has 0 N–H and O–H groups in total. The molecule has 0 radical (unpaired) electrons. The first kappa shape index (κ1) is 11.1. The molecule has 5 heteroatoms. The van der Waals surface area contributed by atoms with Gasteiger partial charge in [0.25, 0.3) is 0 Å². The highest BCUT2D eigenvalue weighted by Crippen LogP contribution is 2.27. The average molecular weight is 288 g/mol. The zero-order chi connectivity index (χ0) is 15.9. The van der Waals surface area contributed by atoms with Gasteiger partial charge in [0.05, 0.1) is 7.57 Å². The molecule has 0 amide bonds. The van der Waals surface area contributed by atoms with E-state index in [1.165, 1.54) is 11.8 Å². The molecule has 0 spiro atoms. The lowest BCUT2D eigenvalue weighted by molar-refractivity contribution is 0.676. The van der Waals surface area contributed by atoms with E-state index in [1.54, 1.807) is 28.9 Å². The summed E-state index contributed by atoms with van der Waals surface area (Å²) in [5.41, 5.74) is 1.80. The highest BCUT2D eigenvalue weighted by molar-refractivity contribution is 7.98. The average Bonchev–Trinajstić information content (AvgIpc) is 2.89. The van der Waals surface area contributed by atoms with E-state index in [2.05, 4.69) is 28.9 Å². The molecule has 0 aromatic carbocycles. The molecule has 0 saturated heterocycles. The molecule has 1 aliphatic carbocycles. The van der Waals surface area contributed by atoms with Crippen LogP contribution in [0.3, 0.4) is 0 Å². The second-order valence-electron chi connectivity index (χ2n) is 4.96. The minimum absolute atomic E-state index is 0.292. The summed E-state index contributed by atoms with van der Waals surface area (Å²) in [6.45, 7) is 4.19. The smallest absolute Gasteiger partial charge is 0.191 e. The second kappa shape index (κ2) is 5.40. The standard InChI is InChI=1S/C15H18N4S/c1-10(2)12-9-16-19-13(11-7-5-4-6-8-11)17-15(20-3)18-14(12)19/h4-7,9-11H,8H2,1-3H3/i6D,11D. The van der Waals surface area contributed by atoms with E-state index in [1.807, 2.05) is 6.26 Å². The predicted octanol–water partition coefficient (Wildman–Crippen LogP) is 3.57. The van der Waals surface area contributed by atoms with E-state index in [0.29, 0.717) is 29.4 Å². The minimum atomic E-state index is -1.09. The highest BCUT2D eigenvalue weighted by atomic mass is 32.2. The van der Waals surface area contributed by atoms with Gasteiger partial charge in [0.15, 0.2) is 10.8 Å². The Balaban J connectivity index is 2.25. The van der Waals surface area contributed by atoms with Crippen LogP contribution >= 0.6 is 11.8 Å². The Morgan fingerprint density at radius 3 is 3.00 bits per heavy atom. The maximum absolute atomic E-state index is 8.75. The van der Waals surface area contributed by atoms with Crippen LogP contribution in [0.2, 0.25) is 0 Å². The quantitative estimate of drug-likeness (QED) is 0.810. The highest BCUT2D eigenvalue weighted by Gasteiger charge is 2.19. The topological polar surface area (TPSA) is 43.1 Å². The molecular formula is C15H18N4S. The Morgan fingerprint density at radius 2 is 2.30 bits per heavy atom. The summed E-state index contributed by atoms with van der Waals surface area (Å²) in [5, 5.41) is 5.04. The van der Waals surface area contributed by atoms with Crippen LogP contribution in [0.15, 0.2) is 35.6 Å². The number of rotatable bonds is 3. The molecule has 2 heterocycles. The van der Waals surface area contributed by atoms with Gasteiger partial charge in [0.1, 0.15) is 5.82 Å². The van der Waals surface area contributed by atoms with Crippen molar-refractivity contribution in [2.75, 3.05) is 6.26 Å². The van der Waals surface area contributed by atoms with Crippen LogP contribution < -0.4 is 0 Å².